The maximum atomic E-state index is 5.78. The maximum Gasteiger partial charge on any atom is 0.195 e. The second-order valence-corrected chi connectivity index (χ2v) is 6.89. The van der Waals surface area contributed by atoms with Gasteiger partial charge in [-0.2, -0.15) is 0 Å². The van der Waals surface area contributed by atoms with Crippen molar-refractivity contribution >= 4 is 11.6 Å². The summed E-state index contributed by atoms with van der Waals surface area (Å²) in [6.07, 6.45) is 3.30. The van der Waals surface area contributed by atoms with Gasteiger partial charge in [0.05, 0.1) is 19.8 Å². The first-order valence-electron chi connectivity index (χ1n) is 10.3. The molecular weight excluding hydrogens is 356 g/mol. The van der Waals surface area contributed by atoms with Crippen molar-refractivity contribution in [2.45, 2.75) is 32.2 Å². The lowest BCUT2D eigenvalue weighted by atomic mass is 10.2. The first kappa shape index (κ1) is 22.5. The van der Waals surface area contributed by atoms with E-state index in [0.29, 0.717) is 19.3 Å². The van der Waals surface area contributed by atoms with Crippen LogP contribution in [0.15, 0.2) is 29.3 Å². The van der Waals surface area contributed by atoms with Crippen molar-refractivity contribution in [3.8, 4) is 5.75 Å². The maximum absolute atomic E-state index is 5.78. The molecule has 1 aromatic carbocycles. The molecule has 7 heteroatoms. The van der Waals surface area contributed by atoms with Crippen molar-refractivity contribution in [2.75, 3.05) is 65.5 Å². The number of nitrogens with one attached hydrogen (secondary N) is 2. The summed E-state index contributed by atoms with van der Waals surface area (Å²) in [5.74, 6) is 1.65. The average Bonchev–Trinajstić information content (AvgIpc) is 3.16. The largest absolute Gasteiger partial charge is 0.493 e. The van der Waals surface area contributed by atoms with Gasteiger partial charge in [-0.15, -0.1) is 0 Å². The van der Waals surface area contributed by atoms with Crippen LogP contribution in [0.25, 0.3) is 0 Å². The van der Waals surface area contributed by atoms with Crippen LogP contribution in [0.1, 0.15) is 26.2 Å². The molecule has 158 valence electrons. The molecule has 1 fully saturated rings. The van der Waals surface area contributed by atoms with Crippen LogP contribution in [0.4, 0.5) is 5.69 Å². The van der Waals surface area contributed by atoms with Crippen LogP contribution < -0.4 is 15.4 Å². The van der Waals surface area contributed by atoms with E-state index >= 15 is 0 Å². The zero-order valence-corrected chi connectivity index (χ0v) is 17.6. The number of anilines is 1. The molecule has 28 heavy (non-hydrogen) atoms. The third-order valence-electron chi connectivity index (χ3n) is 4.74. The lowest BCUT2D eigenvalue weighted by Crippen LogP contribution is -2.36. The van der Waals surface area contributed by atoms with Crippen molar-refractivity contribution in [2.24, 2.45) is 4.99 Å². The molecule has 0 amide bonds. The minimum atomic E-state index is 0.487. The summed E-state index contributed by atoms with van der Waals surface area (Å²) in [6, 6.07) is 8.46. The van der Waals surface area contributed by atoms with Gasteiger partial charge in [-0.3, -0.25) is 9.89 Å². The van der Waals surface area contributed by atoms with Crippen LogP contribution in [0.2, 0.25) is 0 Å². The molecule has 1 aliphatic heterocycles. The highest BCUT2D eigenvalue weighted by molar-refractivity contribution is 5.93. The van der Waals surface area contributed by atoms with Gasteiger partial charge in [0.1, 0.15) is 5.75 Å². The van der Waals surface area contributed by atoms with Crippen LogP contribution in [0.3, 0.4) is 0 Å². The number of guanidine groups is 1. The van der Waals surface area contributed by atoms with Crippen LogP contribution >= 0.6 is 0 Å². The molecule has 1 aliphatic rings. The van der Waals surface area contributed by atoms with E-state index in [9.17, 15) is 0 Å². The van der Waals surface area contributed by atoms with Gasteiger partial charge >= 0.3 is 0 Å². The molecule has 0 aliphatic carbocycles. The number of likely N-dealkylation sites (tertiary alicyclic amines) is 1. The number of benzene rings is 1. The van der Waals surface area contributed by atoms with Crippen molar-refractivity contribution in [1.82, 2.24) is 10.2 Å². The molecule has 7 nitrogen and oxygen atoms in total. The predicted molar refractivity (Wildman–Crippen MR) is 115 cm³/mol. The summed E-state index contributed by atoms with van der Waals surface area (Å²) in [6.45, 7) is 7.91. The molecular formula is C21H36N4O3. The number of aliphatic imine (C=N–C) groups is 1. The Hall–Kier alpha value is -1.83. The number of nitrogens with zero attached hydrogens (tertiary/aromatic N) is 2. The lowest BCUT2D eigenvalue weighted by molar-refractivity contribution is 0.143. The summed E-state index contributed by atoms with van der Waals surface area (Å²) >= 11 is 0. The molecule has 1 aromatic rings. The van der Waals surface area contributed by atoms with E-state index in [4.69, 9.17) is 19.2 Å². The molecule has 0 spiro atoms. The van der Waals surface area contributed by atoms with Gasteiger partial charge in [-0.1, -0.05) is 6.07 Å². The van der Waals surface area contributed by atoms with Gasteiger partial charge in [0.25, 0.3) is 0 Å². The minimum absolute atomic E-state index is 0.487. The summed E-state index contributed by atoms with van der Waals surface area (Å²) in [5.41, 5.74) is 0.964. The third kappa shape index (κ3) is 8.04. The smallest absolute Gasteiger partial charge is 0.195 e. The summed E-state index contributed by atoms with van der Waals surface area (Å²) < 4.78 is 16.1. The van der Waals surface area contributed by atoms with E-state index in [-0.39, 0.29) is 0 Å². The van der Waals surface area contributed by atoms with Gasteiger partial charge in [0.2, 0.25) is 0 Å². The minimum Gasteiger partial charge on any atom is -0.493 e. The Morgan fingerprint density at radius 2 is 2.07 bits per heavy atom. The predicted octanol–water partition coefficient (Wildman–Crippen LogP) is 2.59. The summed E-state index contributed by atoms with van der Waals surface area (Å²) in [4.78, 5) is 7.30. The fourth-order valence-electron chi connectivity index (χ4n) is 3.30. The Kier molecular flexibility index (Phi) is 10.7. The van der Waals surface area contributed by atoms with Gasteiger partial charge in [0.15, 0.2) is 5.96 Å². The fraction of sp³-hybridized carbons (Fsp3) is 0.667. The molecule has 0 aromatic heterocycles. The molecule has 1 heterocycles. The standard InChI is InChI=1S/C21H36N4O3/c1-4-22-21(23-17-19-9-6-11-25(19)12-15-27-3)24-18-8-5-10-20(16-18)28-14-7-13-26-2/h5,8,10,16,19H,4,6-7,9,11-15,17H2,1-3H3,(H2,22,23,24). The van der Waals surface area contributed by atoms with E-state index in [1.165, 1.54) is 12.8 Å². The second-order valence-electron chi connectivity index (χ2n) is 6.89. The Morgan fingerprint density at radius 1 is 1.21 bits per heavy atom. The highest BCUT2D eigenvalue weighted by Gasteiger charge is 2.23. The topological polar surface area (TPSA) is 67.4 Å². The number of methoxy groups -OCH3 is 2. The van der Waals surface area contributed by atoms with Crippen molar-refractivity contribution < 1.29 is 14.2 Å². The molecule has 1 unspecified atom stereocenters. The highest BCUT2D eigenvalue weighted by atomic mass is 16.5. The lowest BCUT2D eigenvalue weighted by Gasteiger charge is -2.23. The molecule has 2 rings (SSSR count). The van der Waals surface area contributed by atoms with Crippen molar-refractivity contribution in [3.05, 3.63) is 24.3 Å². The second kappa shape index (κ2) is 13.4. The van der Waals surface area contributed by atoms with Gasteiger partial charge in [0, 0.05) is 58.1 Å². The van der Waals surface area contributed by atoms with Crippen LogP contribution in [0, 0.1) is 0 Å². The normalized spacial score (nSPS) is 17.7. The first-order valence-corrected chi connectivity index (χ1v) is 10.3. The SMILES string of the molecule is CCNC(=NCC1CCCN1CCOC)Nc1cccc(OCCCOC)c1. The van der Waals surface area contributed by atoms with Gasteiger partial charge in [-0.25, -0.2) is 0 Å². The average molecular weight is 393 g/mol. The van der Waals surface area contributed by atoms with E-state index in [1.807, 2.05) is 24.3 Å². The van der Waals surface area contributed by atoms with Gasteiger partial charge < -0.3 is 24.8 Å². The fourth-order valence-corrected chi connectivity index (χ4v) is 3.30. The number of hydrogen-bond donors (Lipinski definition) is 2. The highest BCUT2D eigenvalue weighted by Crippen LogP contribution is 2.19. The van der Waals surface area contributed by atoms with E-state index in [0.717, 1.165) is 56.6 Å². The number of ether oxygens (including phenoxy) is 3. The Balaban J connectivity index is 1.91. The van der Waals surface area contributed by atoms with E-state index < -0.39 is 0 Å². The number of hydrogen-bond acceptors (Lipinski definition) is 5. The third-order valence-corrected chi connectivity index (χ3v) is 4.74. The molecule has 1 saturated heterocycles. The monoisotopic (exact) mass is 392 g/mol. The van der Waals surface area contributed by atoms with Crippen LogP contribution in [-0.4, -0.2) is 77.1 Å². The zero-order valence-electron chi connectivity index (χ0n) is 17.6. The number of rotatable bonds is 12. The Labute approximate surface area is 169 Å². The molecule has 0 bridgehead atoms. The van der Waals surface area contributed by atoms with Crippen molar-refractivity contribution in [3.63, 3.8) is 0 Å². The van der Waals surface area contributed by atoms with Crippen LogP contribution in [-0.2, 0) is 9.47 Å². The van der Waals surface area contributed by atoms with Crippen molar-refractivity contribution in [1.29, 1.82) is 0 Å². The molecule has 0 saturated carbocycles. The van der Waals surface area contributed by atoms with E-state index in [1.54, 1.807) is 14.2 Å². The first-order chi connectivity index (χ1) is 13.8. The Bertz CT molecular complexity index is 583. The molecule has 0 radical (unpaired) electrons. The van der Waals surface area contributed by atoms with Crippen LogP contribution in [0.5, 0.6) is 5.75 Å². The summed E-state index contributed by atoms with van der Waals surface area (Å²) in [7, 11) is 3.46. The van der Waals surface area contributed by atoms with Gasteiger partial charge in [-0.05, 0) is 38.4 Å². The molecule has 2 N–H and O–H groups in total. The van der Waals surface area contributed by atoms with E-state index in [2.05, 4.69) is 22.5 Å². The quantitative estimate of drug-likeness (QED) is 0.324. The molecule has 1 atom stereocenters. The Morgan fingerprint density at radius 3 is 2.86 bits per heavy atom. The zero-order chi connectivity index (χ0) is 20.0. The summed E-state index contributed by atoms with van der Waals surface area (Å²) in [5, 5.41) is 6.73.